The van der Waals surface area contributed by atoms with E-state index < -0.39 is 0 Å². The Hall–Kier alpha value is -1.88. The highest BCUT2D eigenvalue weighted by atomic mass is 16.2. The second-order valence-corrected chi connectivity index (χ2v) is 7.98. The minimum atomic E-state index is 0.113. The van der Waals surface area contributed by atoms with Crippen molar-refractivity contribution in [2.75, 3.05) is 39.3 Å². The number of carbonyl (C=O) groups excluding carboxylic acids is 2. The highest BCUT2D eigenvalue weighted by Gasteiger charge is 2.31. The van der Waals surface area contributed by atoms with E-state index in [-0.39, 0.29) is 11.8 Å². The van der Waals surface area contributed by atoms with E-state index in [0.717, 1.165) is 51.9 Å². The molecular formula is C22H33N3O2. The van der Waals surface area contributed by atoms with Crippen molar-refractivity contribution in [1.29, 1.82) is 0 Å². The van der Waals surface area contributed by atoms with Crippen LogP contribution in [0.1, 0.15) is 43.7 Å². The Morgan fingerprint density at radius 3 is 2.41 bits per heavy atom. The Bertz CT molecular complexity index is 647. The van der Waals surface area contributed by atoms with Crippen molar-refractivity contribution in [1.82, 2.24) is 14.7 Å². The number of hydrogen-bond acceptors (Lipinski definition) is 3. The predicted octanol–water partition coefficient (Wildman–Crippen LogP) is 2.68. The average molecular weight is 372 g/mol. The van der Waals surface area contributed by atoms with Crippen LogP contribution in [-0.4, -0.2) is 65.8 Å². The topological polar surface area (TPSA) is 43.9 Å². The number of likely N-dealkylation sites (tertiary alicyclic amines) is 2. The first-order valence-electron chi connectivity index (χ1n) is 10.4. The molecule has 0 bridgehead atoms. The molecule has 2 aliphatic heterocycles. The van der Waals surface area contributed by atoms with Crippen LogP contribution in [0.15, 0.2) is 24.3 Å². The lowest BCUT2D eigenvalue weighted by Crippen LogP contribution is -2.46. The second-order valence-electron chi connectivity index (χ2n) is 7.98. The Balaban J connectivity index is 1.47. The quantitative estimate of drug-likeness (QED) is 0.772. The highest BCUT2D eigenvalue weighted by Crippen LogP contribution is 2.22. The molecule has 5 nitrogen and oxygen atoms in total. The van der Waals surface area contributed by atoms with Crippen LogP contribution in [0.5, 0.6) is 0 Å². The Morgan fingerprint density at radius 2 is 1.78 bits per heavy atom. The van der Waals surface area contributed by atoms with Crippen molar-refractivity contribution in [2.24, 2.45) is 5.92 Å². The van der Waals surface area contributed by atoms with Crippen molar-refractivity contribution in [3.05, 3.63) is 35.4 Å². The summed E-state index contributed by atoms with van der Waals surface area (Å²) in [6.07, 6.45) is 3.89. The smallest absolute Gasteiger partial charge is 0.236 e. The lowest BCUT2D eigenvalue weighted by atomic mass is 9.95. The first kappa shape index (κ1) is 19.9. The Labute approximate surface area is 163 Å². The minimum Gasteiger partial charge on any atom is -0.342 e. The maximum absolute atomic E-state index is 12.7. The van der Waals surface area contributed by atoms with Crippen molar-refractivity contribution >= 4 is 11.8 Å². The number of piperidine rings is 1. The second kappa shape index (κ2) is 9.36. The third-order valence-electron chi connectivity index (χ3n) is 5.91. The standard InChI is InChI=1S/C22H33N3O2/c1-3-23(16-19-8-6-7-18(2)15-19)17-21(26)24-13-9-20(10-14-24)22(27)25-11-4-5-12-25/h6-8,15,20H,3-5,9-14,16-17H2,1-2H3. The molecule has 0 aromatic heterocycles. The average Bonchev–Trinajstić information content (AvgIpc) is 3.22. The summed E-state index contributed by atoms with van der Waals surface area (Å²) in [5.74, 6) is 0.618. The van der Waals surface area contributed by atoms with Gasteiger partial charge in [-0.1, -0.05) is 36.8 Å². The van der Waals surface area contributed by atoms with Gasteiger partial charge in [-0.25, -0.2) is 0 Å². The van der Waals surface area contributed by atoms with Gasteiger partial charge in [0.15, 0.2) is 0 Å². The van der Waals surface area contributed by atoms with Crippen molar-refractivity contribution in [3.8, 4) is 0 Å². The van der Waals surface area contributed by atoms with Gasteiger partial charge >= 0.3 is 0 Å². The van der Waals surface area contributed by atoms with Crippen LogP contribution >= 0.6 is 0 Å². The minimum absolute atomic E-state index is 0.113. The summed E-state index contributed by atoms with van der Waals surface area (Å²) in [7, 11) is 0. The molecule has 5 heteroatoms. The maximum Gasteiger partial charge on any atom is 0.236 e. The van der Waals surface area contributed by atoms with E-state index in [1.54, 1.807) is 0 Å². The van der Waals surface area contributed by atoms with Crippen molar-refractivity contribution in [2.45, 2.75) is 46.1 Å². The van der Waals surface area contributed by atoms with Crippen molar-refractivity contribution < 1.29 is 9.59 Å². The van der Waals surface area contributed by atoms with E-state index in [2.05, 4.69) is 43.0 Å². The zero-order valence-electron chi connectivity index (χ0n) is 16.8. The molecule has 27 heavy (non-hydrogen) atoms. The van der Waals surface area contributed by atoms with E-state index in [1.807, 2.05) is 9.80 Å². The summed E-state index contributed by atoms with van der Waals surface area (Å²) in [5.41, 5.74) is 2.50. The zero-order chi connectivity index (χ0) is 19.2. The van der Waals surface area contributed by atoms with E-state index in [0.29, 0.717) is 25.5 Å². The van der Waals surface area contributed by atoms with Crippen LogP contribution in [0.2, 0.25) is 0 Å². The molecule has 0 spiro atoms. The van der Waals surface area contributed by atoms with Gasteiger partial charge in [-0.2, -0.15) is 0 Å². The SMILES string of the molecule is CCN(CC(=O)N1CCC(C(=O)N2CCCC2)CC1)Cc1cccc(C)c1. The van der Waals surface area contributed by atoms with Crippen LogP contribution < -0.4 is 0 Å². The lowest BCUT2D eigenvalue weighted by Gasteiger charge is -2.34. The predicted molar refractivity (Wildman–Crippen MR) is 107 cm³/mol. The summed E-state index contributed by atoms with van der Waals surface area (Å²) < 4.78 is 0. The molecule has 0 unspecified atom stereocenters. The summed E-state index contributed by atoms with van der Waals surface area (Å²) in [6, 6.07) is 8.47. The fraction of sp³-hybridized carbons (Fsp3) is 0.636. The zero-order valence-corrected chi connectivity index (χ0v) is 16.8. The Morgan fingerprint density at radius 1 is 1.07 bits per heavy atom. The van der Waals surface area contributed by atoms with Gasteiger partial charge in [0.1, 0.15) is 0 Å². The molecule has 0 aliphatic carbocycles. The number of nitrogens with zero attached hydrogens (tertiary/aromatic N) is 3. The molecule has 0 N–H and O–H groups in total. The van der Waals surface area contributed by atoms with Gasteiger partial charge in [0.25, 0.3) is 0 Å². The number of aryl methyl sites for hydroxylation is 1. The molecule has 1 aromatic rings. The number of amides is 2. The molecular weight excluding hydrogens is 338 g/mol. The number of likely N-dealkylation sites (N-methyl/N-ethyl adjacent to an activating group) is 1. The first-order chi connectivity index (χ1) is 13.1. The maximum atomic E-state index is 12.7. The molecule has 2 saturated heterocycles. The van der Waals surface area contributed by atoms with Gasteiger partial charge in [0.2, 0.25) is 11.8 Å². The van der Waals surface area contributed by atoms with Crippen LogP contribution in [0.25, 0.3) is 0 Å². The van der Waals surface area contributed by atoms with E-state index in [9.17, 15) is 9.59 Å². The highest BCUT2D eigenvalue weighted by molar-refractivity contribution is 5.81. The molecule has 0 radical (unpaired) electrons. The monoisotopic (exact) mass is 371 g/mol. The largest absolute Gasteiger partial charge is 0.342 e. The van der Waals surface area contributed by atoms with Gasteiger partial charge in [0, 0.05) is 38.6 Å². The number of rotatable bonds is 6. The Kier molecular flexibility index (Phi) is 6.89. The first-order valence-corrected chi connectivity index (χ1v) is 10.4. The summed E-state index contributed by atoms with van der Waals surface area (Å²) in [4.78, 5) is 31.5. The molecule has 2 heterocycles. The molecule has 3 rings (SSSR count). The lowest BCUT2D eigenvalue weighted by molar-refractivity contribution is -0.140. The van der Waals surface area contributed by atoms with Crippen LogP contribution in [0.4, 0.5) is 0 Å². The third-order valence-corrected chi connectivity index (χ3v) is 5.91. The fourth-order valence-electron chi connectivity index (χ4n) is 4.21. The van der Waals surface area contributed by atoms with E-state index >= 15 is 0 Å². The fourth-order valence-corrected chi connectivity index (χ4v) is 4.21. The molecule has 0 atom stereocenters. The van der Waals surface area contributed by atoms with Gasteiger partial charge in [-0.05, 0) is 44.7 Å². The molecule has 0 saturated carbocycles. The van der Waals surface area contributed by atoms with Gasteiger partial charge in [0.05, 0.1) is 6.54 Å². The van der Waals surface area contributed by atoms with Gasteiger partial charge in [-0.3, -0.25) is 14.5 Å². The molecule has 148 valence electrons. The number of benzene rings is 1. The normalized spacial score (nSPS) is 18.3. The molecule has 2 fully saturated rings. The van der Waals surface area contributed by atoms with E-state index in [1.165, 1.54) is 11.1 Å². The van der Waals surface area contributed by atoms with Crippen LogP contribution in [0.3, 0.4) is 0 Å². The molecule has 2 aliphatic rings. The molecule has 2 amide bonds. The summed E-state index contributed by atoms with van der Waals surface area (Å²) >= 11 is 0. The number of carbonyl (C=O) groups is 2. The molecule has 1 aromatic carbocycles. The van der Waals surface area contributed by atoms with Gasteiger partial charge < -0.3 is 9.80 Å². The third kappa shape index (κ3) is 5.32. The van der Waals surface area contributed by atoms with Gasteiger partial charge in [-0.15, -0.1) is 0 Å². The van der Waals surface area contributed by atoms with Crippen LogP contribution in [0, 0.1) is 12.8 Å². The van der Waals surface area contributed by atoms with Crippen LogP contribution in [-0.2, 0) is 16.1 Å². The number of hydrogen-bond donors (Lipinski definition) is 0. The summed E-state index contributed by atoms with van der Waals surface area (Å²) in [6.45, 7) is 9.57. The van der Waals surface area contributed by atoms with Crippen molar-refractivity contribution in [3.63, 3.8) is 0 Å². The van der Waals surface area contributed by atoms with E-state index in [4.69, 9.17) is 0 Å². The summed E-state index contributed by atoms with van der Waals surface area (Å²) in [5, 5.41) is 0.